The SMILES string of the molecule is O=C(c1cncc(O)c1)N1CCCC1Cc1ccccc1. The molecule has 1 saturated heterocycles. The first-order valence-electron chi connectivity index (χ1n) is 7.23. The summed E-state index contributed by atoms with van der Waals surface area (Å²) in [6.45, 7) is 0.770. The molecule has 21 heavy (non-hydrogen) atoms. The van der Waals surface area contributed by atoms with Crippen molar-refractivity contribution in [2.45, 2.75) is 25.3 Å². The van der Waals surface area contributed by atoms with E-state index in [1.54, 1.807) is 0 Å². The third kappa shape index (κ3) is 3.05. The van der Waals surface area contributed by atoms with Gasteiger partial charge in [0.25, 0.3) is 5.91 Å². The smallest absolute Gasteiger partial charge is 0.255 e. The Hall–Kier alpha value is -2.36. The first kappa shape index (κ1) is 13.6. The van der Waals surface area contributed by atoms with Crippen molar-refractivity contribution in [1.82, 2.24) is 9.88 Å². The maximum atomic E-state index is 12.6. The molecule has 1 fully saturated rings. The Morgan fingerprint density at radius 2 is 2.10 bits per heavy atom. The molecule has 2 aromatic rings. The molecule has 1 atom stereocenters. The number of benzene rings is 1. The highest BCUT2D eigenvalue weighted by Gasteiger charge is 2.29. The fourth-order valence-electron chi connectivity index (χ4n) is 2.91. The number of aromatic hydroxyl groups is 1. The summed E-state index contributed by atoms with van der Waals surface area (Å²) in [5.41, 5.74) is 1.70. The second-order valence-electron chi connectivity index (χ2n) is 5.42. The molecule has 0 bridgehead atoms. The molecule has 1 unspecified atom stereocenters. The molecule has 3 rings (SSSR count). The van der Waals surface area contributed by atoms with Crippen LogP contribution in [0.2, 0.25) is 0 Å². The summed E-state index contributed by atoms with van der Waals surface area (Å²) in [6, 6.07) is 11.9. The van der Waals surface area contributed by atoms with Crippen molar-refractivity contribution >= 4 is 5.91 Å². The van der Waals surface area contributed by atoms with E-state index in [9.17, 15) is 9.90 Å². The van der Waals surface area contributed by atoms with Crippen LogP contribution in [0.25, 0.3) is 0 Å². The molecule has 0 saturated carbocycles. The van der Waals surface area contributed by atoms with Crippen molar-refractivity contribution in [3.8, 4) is 5.75 Å². The monoisotopic (exact) mass is 282 g/mol. The van der Waals surface area contributed by atoms with Gasteiger partial charge in [-0.05, 0) is 30.9 Å². The largest absolute Gasteiger partial charge is 0.506 e. The fourth-order valence-corrected chi connectivity index (χ4v) is 2.91. The zero-order valence-electron chi connectivity index (χ0n) is 11.8. The van der Waals surface area contributed by atoms with Crippen LogP contribution in [0.1, 0.15) is 28.8 Å². The lowest BCUT2D eigenvalue weighted by Gasteiger charge is -2.25. The molecule has 4 heteroatoms. The molecule has 0 radical (unpaired) electrons. The summed E-state index contributed by atoms with van der Waals surface area (Å²) >= 11 is 0. The lowest BCUT2D eigenvalue weighted by atomic mass is 10.0. The quantitative estimate of drug-likeness (QED) is 0.941. The molecule has 0 spiro atoms. The van der Waals surface area contributed by atoms with Gasteiger partial charge in [-0.1, -0.05) is 30.3 Å². The van der Waals surface area contributed by atoms with E-state index >= 15 is 0 Å². The van der Waals surface area contributed by atoms with Crippen LogP contribution < -0.4 is 0 Å². The van der Waals surface area contributed by atoms with Gasteiger partial charge in [-0.25, -0.2) is 0 Å². The van der Waals surface area contributed by atoms with Crippen LogP contribution in [-0.4, -0.2) is 33.5 Å². The van der Waals surface area contributed by atoms with Crippen molar-refractivity contribution < 1.29 is 9.90 Å². The summed E-state index contributed by atoms with van der Waals surface area (Å²) < 4.78 is 0. The minimum atomic E-state index is -0.0446. The summed E-state index contributed by atoms with van der Waals surface area (Å²) in [5.74, 6) is -0.0171. The number of rotatable bonds is 3. The molecule has 1 aromatic carbocycles. The number of carbonyl (C=O) groups is 1. The van der Waals surface area contributed by atoms with Gasteiger partial charge in [-0.2, -0.15) is 0 Å². The van der Waals surface area contributed by atoms with Gasteiger partial charge in [0.05, 0.1) is 11.8 Å². The zero-order valence-corrected chi connectivity index (χ0v) is 11.8. The Morgan fingerprint density at radius 3 is 2.86 bits per heavy atom. The van der Waals surface area contributed by atoms with Crippen LogP contribution in [0.5, 0.6) is 5.75 Å². The predicted molar refractivity (Wildman–Crippen MR) is 80.1 cm³/mol. The number of likely N-dealkylation sites (tertiary alicyclic amines) is 1. The van der Waals surface area contributed by atoms with E-state index in [4.69, 9.17) is 0 Å². The third-order valence-corrected chi connectivity index (χ3v) is 3.92. The predicted octanol–water partition coefficient (Wildman–Crippen LogP) is 2.63. The van der Waals surface area contributed by atoms with Crippen LogP contribution in [0, 0.1) is 0 Å². The summed E-state index contributed by atoms with van der Waals surface area (Å²) in [7, 11) is 0. The van der Waals surface area contributed by atoms with Crippen LogP contribution >= 0.6 is 0 Å². The Bertz CT molecular complexity index is 628. The lowest BCUT2D eigenvalue weighted by Crippen LogP contribution is -2.36. The minimum Gasteiger partial charge on any atom is -0.506 e. The van der Waals surface area contributed by atoms with Crippen molar-refractivity contribution in [3.05, 3.63) is 59.9 Å². The van der Waals surface area contributed by atoms with E-state index in [-0.39, 0.29) is 17.7 Å². The second kappa shape index (κ2) is 5.95. The van der Waals surface area contributed by atoms with Gasteiger partial charge in [-0.15, -0.1) is 0 Å². The number of amides is 1. The summed E-state index contributed by atoms with van der Waals surface area (Å²) in [6.07, 6.45) is 5.77. The fraction of sp³-hybridized carbons (Fsp3) is 0.294. The highest BCUT2D eigenvalue weighted by Crippen LogP contribution is 2.24. The second-order valence-corrected chi connectivity index (χ2v) is 5.42. The van der Waals surface area contributed by atoms with Crippen LogP contribution in [0.3, 0.4) is 0 Å². The lowest BCUT2D eigenvalue weighted by molar-refractivity contribution is 0.0735. The van der Waals surface area contributed by atoms with Crippen molar-refractivity contribution in [3.63, 3.8) is 0 Å². The molecule has 1 aliphatic heterocycles. The van der Waals surface area contributed by atoms with Gasteiger partial charge in [0.15, 0.2) is 0 Å². The summed E-state index contributed by atoms with van der Waals surface area (Å²) in [4.78, 5) is 18.4. The first-order valence-corrected chi connectivity index (χ1v) is 7.23. The molecule has 108 valence electrons. The zero-order chi connectivity index (χ0) is 14.7. The first-order chi connectivity index (χ1) is 10.2. The average molecular weight is 282 g/mol. The van der Waals surface area contributed by atoms with E-state index in [1.165, 1.54) is 24.0 Å². The van der Waals surface area contributed by atoms with E-state index in [0.717, 1.165) is 25.8 Å². The topological polar surface area (TPSA) is 53.4 Å². The molecule has 2 heterocycles. The Kier molecular flexibility index (Phi) is 3.86. The van der Waals surface area contributed by atoms with Gasteiger partial charge in [0.1, 0.15) is 5.75 Å². The van der Waals surface area contributed by atoms with Gasteiger partial charge >= 0.3 is 0 Å². The third-order valence-electron chi connectivity index (χ3n) is 3.92. The standard InChI is InChI=1S/C17H18N2O2/c20-16-10-14(11-18-12-16)17(21)19-8-4-7-15(19)9-13-5-2-1-3-6-13/h1-3,5-6,10-12,15,20H,4,7-9H2. The van der Waals surface area contributed by atoms with Crippen LogP contribution in [0.4, 0.5) is 0 Å². The summed E-state index contributed by atoms with van der Waals surface area (Å²) in [5, 5.41) is 9.47. The molecule has 1 aliphatic rings. The molecule has 0 aliphatic carbocycles. The van der Waals surface area contributed by atoms with Crippen molar-refractivity contribution in [2.24, 2.45) is 0 Å². The van der Waals surface area contributed by atoms with Crippen LogP contribution in [0.15, 0.2) is 48.8 Å². The van der Waals surface area contributed by atoms with E-state index in [1.807, 2.05) is 23.1 Å². The number of aromatic nitrogens is 1. The Balaban J connectivity index is 1.76. The number of nitrogens with zero attached hydrogens (tertiary/aromatic N) is 2. The van der Waals surface area contributed by atoms with E-state index in [0.29, 0.717) is 5.56 Å². The van der Waals surface area contributed by atoms with E-state index < -0.39 is 0 Å². The number of hydrogen-bond donors (Lipinski definition) is 1. The number of carbonyl (C=O) groups excluding carboxylic acids is 1. The van der Waals surface area contributed by atoms with Gasteiger partial charge in [0.2, 0.25) is 0 Å². The van der Waals surface area contributed by atoms with Gasteiger partial charge < -0.3 is 10.0 Å². The Labute approximate surface area is 124 Å². The molecular formula is C17H18N2O2. The highest BCUT2D eigenvalue weighted by atomic mass is 16.3. The molecule has 4 nitrogen and oxygen atoms in total. The average Bonchev–Trinajstić information content (AvgIpc) is 2.95. The molecule has 1 amide bonds. The van der Waals surface area contributed by atoms with Crippen molar-refractivity contribution in [2.75, 3.05) is 6.54 Å². The number of pyridine rings is 1. The molecule has 1 aromatic heterocycles. The normalized spacial score (nSPS) is 17.9. The Morgan fingerprint density at radius 1 is 1.29 bits per heavy atom. The van der Waals surface area contributed by atoms with Crippen molar-refractivity contribution in [1.29, 1.82) is 0 Å². The highest BCUT2D eigenvalue weighted by molar-refractivity contribution is 5.94. The molecule has 1 N–H and O–H groups in total. The molecular weight excluding hydrogens is 264 g/mol. The number of hydrogen-bond acceptors (Lipinski definition) is 3. The van der Waals surface area contributed by atoms with E-state index in [2.05, 4.69) is 17.1 Å². The van der Waals surface area contributed by atoms with Gasteiger partial charge in [0, 0.05) is 18.8 Å². The maximum absolute atomic E-state index is 12.6. The maximum Gasteiger partial charge on any atom is 0.255 e. The van der Waals surface area contributed by atoms with Crippen LogP contribution in [-0.2, 0) is 6.42 Å². The minimum absolute atomic E-state index is 0.0275. The van der Waals surface area contributed by atoms with Gasteiger partial charge in [-0.3, -0.25) is 9.78 Å².